The highest BCUT2D eigenvalue weighted by Crippen LogP contribution is 2.34. The monoisotopic (exact) mass is 432 g/mol. The molecule has 0 bridgehead atoms. The van der Waals surface area contributed by atoms with Crippen LogP contribution in [0, 0.1) is 25.2 Å². The third-order valence-electron chi connectivity index (χ3n) is 5.33. The zero-order chi connectivity index (χ0) is 21.8. The maximum atomic E-state index is 9.16. The molecular formula is C22H24N8S. The summed E-state index contributed by atoms with van der Waals surface area (Å²) < 4.78 is 0. The Morgan fingerprint density at radius 1 is 1.23 bits per heavy atom. The number of pyridine rings is 1. The highest BCUT2D eigenvalue weighted by Gasteiger charge is 2.15. The molecule has 0 fully saturated rings. The molecule has 9 heteroatoms. The van der Waals surface area contributed by atoms with Crippen molar-refractivity contribution in [2.24, 2.45) is 0 Å². The Balaban J connectivity index is 1.42. The molecule has 158 valence electrons. The minimum Gasteiger partial charge on any atom is -0.381 e. The molecule has 0 spiro atoms. The molecule has 4 rings (SSSR count). The van der Waals surface area contributed by atoms with E-state index >= 15 is 0 Å². The van der Waals surface area contributed by atoms with Crippen molar-refractivity contribution < 1.29 is 0 Å². The molecular weight excluding hydrogens is 408 g/mol. The largest absolute Gasteiger partial charge is 0.381 e. The average molecular weight is 433 g/mol. The number of H-pyrrole nitrogens is 1. The van der Waals surface area contributed by atoms with E-state index in [9.17, 15) is 0 Å². The third-order valence-corrected chi connectivity index (χ3v) is 6.43. The van der Waals surface area contributed by atoms with E-state index in [-0.39, 0.29) is 5.82 Å². The normalized spacial score (nSPS) is 11.0. The van der Waals surface area contributed by atoms with Crippen LogP contribution < -0.4 is 11.1 Å². The van der Waals surface area contributed by atoms with Gasteiger partial charge in [0.05, 0.1) is 11.1 Å². The van der Waals surface area contributed by atoms with Crippen LogP contribution in [0.5, 0.6) is 0 Å². The van der Waals surface area contributed by atoms with E-state index in [1.54, 1.807) is 23.7 Å². The Hall–Kier alpha value is -3.51. The summed E-state index contributed by atoms with van der Waals surface area (Å²) in [7, 11) is 0. The third kappa shape index (κ3) is 4.34. The van der Waals surface area contributed by atoms with Crippen LogP contribution in [0.4, 0.5) is 11.6 Å². The van der Waals surface area contributed by atoms with E-state index in [2.05, 4.69) is 40.4 Å². The van der Waals surface area contributed by atoms with Crippen molar-refractivity contribution in [2.75, 3.05) is 17.6 Å². The predicted octanol–water partition coefficient (Wildman–Crippen LogP) is 4.37. The van der Waals surface area contributed by atoms with E-state index in [4.69, 9.17) is 21.0 Å². The fourth-order valence-corrected chi connectivity index (χ4v) is 4.54. The van der Waals surface area contributed by atoms with Gasteiger partial charge in [-0.25, -0.2) is 9.97 Å². The van der Waals surface area contributed by atoms with Gasteiger partial charge in [-0.1, -0.05) is 6.42 Å². The first kappa shape index (κ1) is 20.8. The van der Waals surface area contributed by atoms with Crippen molar-refractivity contribution in [3.63, 3.8) is 0 Å². The number of nitrogens with two attached hydrogens (primary N) is 1. The van der Waals surface area contributed by atoms with Gasteiger partial charge >= 0.3 is 0 Å². The molecule has 0 radical (unpaired) electrons. The summed E-state index contributed by atoms with van der Waals surface area (Å²) in [5.74, 6) is 1.84. The maximum Gasteiger partial charge on any atom is 0.164 e. The number of aromatic nitrogens is 5. The number of fused-ring (bicyclic) bond motifs is 1. The molecule has 4 N–H and O–H groups in total. The lowest BCUT2D eigenvalue weighted by atomic mass is 10.1. The van der Waals surface area contributed by atoms with E-state index in [1.165, 1.54) is 10.4 Å². The highest BCUT2D eigenvalue weighted by atomic mass is 32.1. The van der Waals surface area contributed by atoms with E-state index in [0.717, 1.165) is 59.5 Å². The number of nitrogen functional groups attached to an aromatic ring is 1. The zero-order valence-electron chi connectivity index (χ0n) is 17.6. The highest BCUT2D eigenvalue weighted by molar-refractivity contribution is 7.18. The van der Waals surface area contributed by atoms with Crippen molar-refractivity contribution in [1.82, 2.24) is 25.1 Å². The Kier molecular flexibility index (Phi) is 6.09. The number of nitriles is 1. The molecule has 31 heavy (non-hydrogen) atoms. The first-order chi connectivity index (χ1) is 15.1. The Bertz CT molecular complexity index is 1240. The fraction of sp³-hybridized carbons (Fsp3) is 0.318. The molecule has 0 atom stereocenters. The van der Waals surface area contributed by atoms with Gasteiger partial charge in [-0.2, -0.15) is 10.4 Å². The van der Waals surface area contributed by atoms with Crippen LogP contribution in [0.2, 0.25) is 0 Å². The first-order valence-corrected chi connectivity index (χ1v) is 11.0. The number of unbranched alkanes of at least 4 members (excludes halogenated alkanes) is 2. The number of anilines is 2. The molecule has 4 aromatic rings. The van der Waals surface area contributed by atoms with Crippen LogP contribution in [-0.4, -0.2) is 31.7 Å². The van der Waals surface area contributed by atoms with Gasteiger partial charge in [0, 0.05) is 29.4 Å². The van der Waals surface area contributed by atoms with Gasteiger partial charge in [0.2, 0.25) is 0 Å². The molecule has 0 aliphatic heterocycles. The molecule has 0 saturated heterocycles. The lowest BCUT2D eigenvalue weighted by Gasteiger charge is -2.10. The second kappa shape index (κ2) is 9.10. The summed E-state index contributed by atoms with van der Waals surface area (Å²) in [5, 5.41) is 20.5. The second-order valence-electron chi connectivity index (χ2n) is 7.41. The van der Waals surface area contributed by atoms with Crippen LogP contribution >= 0.6 is 11.3 Å². The summed E-state index contributed by atoms with van der Waals surface area (Å²) in [4.78, 5) is 16.0. The van der Waals surface area contributed by atoms with Crippen molar-refractivity contribution in [1.29, 1.82) is 5.26 Å². The van der Waals surface area contributed by atoms with Crippen LogP contribution in [0.25, 0.3) is 21.6 Å². The second-order valence-corrected chi connectivity index (χ2v) is 8.62. The quantitative estimate of drug-likeness (QED) is 0.352. The summed E-state index contributed by atoms with van der Waals surface area (Å²) in [6.07, 6.45) is 7.25. The SMILES string of the molecule is Cc1sc2nc(-c3cccnc3)nc(NCCCCCc3[nH]nc(N)c3C#N)c2c1C. The molecule has 4 heterocycles. The van der Waals surface area contributed by atoms with Gasteiger partial charge in [0.25, 0.3) is 0 Å². The number of hydrogen-bond donors (Lipinski definition) is 3. The molecule has 4 aromatic heterocycles. The number of thiophene rings is 1. The maximum absolute atomic E-state index is 9.16. The van der Waals surface area contributed by atoms with Gasteiger partial charge in [0.15, 0.2) is 11.6 Å². The van der Waals surface area contributed by atoms with Gasteiger partial charge in [-0.15, -0.1) is 11.3 Å². The minimum atomic E-state index is 0.276. The van der Waals surface area contributed by atoms with E-state index in [1.807, 2.05) is 12.1 Å². The van der Waals surface area contributed by atoms with Crippen LogP contribution in [0.3, 0.4) is 0 Å². The van der Waals surface area contributed by atoms with Crippen LogP contribution in [0.1, 0.15) is 41.0 Å². The Morgan fingerprint density at radius 2 is 2.10 bits per heavy atom. The van der Waals surface area contributed by atoms with Gasteiger partial charge in [-0.3, -0.25) is 10.1 Å². The van der Waals surface area contributed by atoms with E-state index in [0.29, 0.717) is 11.4 Å². The summed E-state index contributed by atoms with van der Waals surface area (Å²) in [5.41, 5.74) is 9.10. The lowest BCUT2D eigenvalue weighted by Crippen LogP contribution is -2.06. The molecule has 0 unspecified atom stereocenters. The average Bonchev–Trinajstić information content (AvgIpc) is 3.29. The first-order valence-electron chi connectivity index (χ1n) is 10.2. The molecule has 0 saturated carbocycles. The zero-order valence-corrected chi connectivity index (χ0v) is 18.4. The number of aromatic amines is 1. The Morgan fingerprint density at radius 3 is 2.87 bits per heavy atom. The van der Waals surface area contributed by atoms with Crippen molar-refractivity contribution in [3.05, 3.63) is 46.2 Å². The predicted molar refractivity (Wildman–Crippen MR) is 124 cm³/mol. The van der Waals surface area contributed by atoms with Crippen molar-refractivity contribution in [2.45, 2.75) is 39.5 Å². The summed E-state index contributed by atoms with van der Waals surface area (Å²) in [6.45, 7) is 5.05. The van der Waals surface area contributed by atoms with E-state index < -0.39 is 0 Å². The Labute approximate surface area is 184 Å². The number of nitrogens with one attached hydrogen (secondary N) is 2. The fourth-order valence-electron chi connectivity index (χ4n) is 3.51. The lowest BCUT2D eigenvalue weighted by molar-refractivity contribution is 0.687. The molecule has 0 amide bonds. The topological polar surface area (TPSA) is 129 Å². The summed E-state index contributed by atoms with van der Waals surface area (Å²) in [6, 6.07) is 5.98. The summed E-state index contributed by atoms with van der Waals surface area (Å²) >= 11 is 1.69. The van der Waals surface area contributed by atoms with Gasteiger partial charge in [-0.05, 0) is 50.8 Å². The van der Waals surface area contributed by atoms with Crippen LogP contribution in [-0.2, 0) is 6.42 Å². The number of aryl methyl sites for hydroxylation is 3. The van der Waals surface area contributed by atoms with Gasteiger partial charge in [0.1, 0.15) is 22.3 Å². The van der Waals surface area contributed by atoms with Gasteiger partial charge < -0.3 is 11.1 Å². The molecule has 8 nitrogen and oxygen atoms in total. The minimum absolute atomic E-state index is 0.276. The number of nitrogens with zero attached hydrogens (tertiary/aromatic N) is 5. The standard InChI is InChI=1S/C22H24N8S/c1-13-14(2)31-22-18(13)21(27-20(28-22)15-7-6-9-25-12-15)26-10-5-3-4-8-17-16(11-23)19(24)30-29-17/h6-7,9,12H,3-5,8,10H2,1-2H3,(H3,24,29,30)(H,26,27,28). The number of rotatable bonds is 8. The number of hydrogen-bond acceptors (Lipinski definition) is 8. The van der Waals surface area contributed by atoms with Crippen molar-refractivity contribution >= 4 is 33.2 Å². The molecule has 0 aromatic carbocycles. The molecule has 0 aliphatic rings. The van der Waals surface area contributed by atoms with Crippen LogP contribution in [0.15, 0.2) is 24.5 Å². The van der Waals surface area contributed by atoms with Crippen molar-refractivity contribution in [3.8, 4) is 17.5 Å². The molecule has 0 aliphatic carbocycles. The smallest absolute Gasteiger partial charge is 0.164 e.